The number of rotatable bonds is 4. The highest BCUT2D eigenvalue weighted by Crippen LogP contribution is 2.20. The van der Waals surface area contributed by atoms with Crippen LogP contribution in [0.1, 0.15) is 11.4 Å². The second-order valence-corrected chi connectivity index (χ2v) is 5.08. The Bertz CT molecular complexity index is 828. The average molecular weight is 311 g/mol. The first-order chi connectivity index (χ1) is 11.1. The van der Waals surface area contributed by atoms with E-state index < -0.39 is 0 Å². The fourth-order valence-corrected chi connectivity index (χ4v) is 2.11. The van der Waals surface area contributed by atoms with Gasteiger partial charge in [0.25, 0.3) is 0 Å². The number of pyridine rings is 1. The number of anilines is 1. The van der Waals surface area contributed by atoms with E-state index in [1.54, 1.807) is 24.3 Å². The van der Waals surface area contributed by atoms with Crippen molar-refractivity contribution in [1.82, 2.24) is 10.1 Å². The van der Waals surface area contributed by atoms with Crippen LogP contribution >= 0.6 is 0 Å². The van der Waals surface area contributed by atoms with E-state index in [2.05, 4.69) is 15.5 Å². The first-order valence-electron chi connectivity index (χ1n) is 7.05. The second-order valence-electron chi connectivity index (χ2n) is 5.08. The van der Waals surface area contributed by atoms with E-state index in [-0.39, 0.29) is 18.1 Å². The quantitative estimate of drug-likeness (QED) is 0.802. The van der Waals surface area contributed by atoms with Gasteiger partial charge in [-0.1, -0.05) is 11.2 Å². The molecule has 0 saturated carbocycles. The zero-order valence-corrected chi connectivity index (χ0v) is 12.4. The topological polar surface area (TPSA) is 68.0 Å². The normalized spacial score (nSPS) is 10.5. The number of aromatic nitrogens is 2. The monoisotopic (exact) mass is 311 g/mol. The van der Waals surface area contributed by atoms with Crippen LogP contribution in [0.2, 0.25) is 0 Å². The molecule has 6 heteroatoms. The summed E-state index contributed by atoms with van der Waals surface area (Å²) < 4.78 is 18.1. The summed E-state index contributed by atoms with van der Waals surface area (Å²) in [5.41, 5.74) is 2.02. The Hall–Kier alpha value is -3.02. The number of hydrogen-bond donors (Lipinski definition) is 1. The number of halogens is 1. The Morgan fingerprint density at radius 2 is 2.00 bits per heavy atom. The Labute approximate surface area is 132 Å². The van der Waals surface area contributed by atoms with E-state index >= 15 is 0 Å². The molecule has 3 rings (SSSR count). The molecule has 0 radical (unpaired) electrons. The third-order valence-corrected chi connectivity index (χ3v) is 3.19. The molecule has 1 amide bonds. The Morgan fingerprint density at radius 1 is 1.22 bits per heavy atom. The second kappa shape index (κ2) is 6.39. The van der Waals surface area contributed by atoms with Crippen LogP contribution in [0.5, 0.6) is 0 Å². The van der Waals surface area contributed by atoms with E-state index in [0.717, 1.165) is 5.69 Å². The van der Waals surface area contributed by atoms with Gasteiger partial charge in [-0.2, -0.15) is 0 Å². The minimum atomic E-state index is -0.321. The van der Waals surface area contributed by atoms with Crippen molar-refractivity contribution in [2.75, 3.05) is 5.32 Å². The van der Waals surface area contributed by atoms with Crippen LogP contribution in [0.15, 0.2) is 53.1 Å². The summed E-state index contributed by atoms with van der Waals surface area (Å²) in [4.78, 5) is 16.2. The molecule has 23 heavy (non-hydrogen) atoms. The van der Waals surface area contributed by atoms with Gasteiger partial charge in [-0.3, -0.25) is 4.79 Å². The summed E-state index contributed by atoms with van der Waals surface area (Å²) in [6.45, 7) is 1.85. The molecule has 2 heterocycles. The molecule has 116 valence electrons. The van der Waals surface area contributed by atoms with Crippen molar-refractivity contribution in [3.63, 3.8) is 0 Å². The molecule has 1 aromatic carbocycles. The smallest absolute Gasteiger partial charge is 0.231 e. The molecular formula is C17H14FN3O2. The minimum Gasteiger partial charge on any atom is -0.356 e. The summed E-state index contributed by atoms with van der Waals surface area (Å²) in [6, 6.07) is 12.9. The number of carbonyl (C=O) groups excluding carboxylic acids is 1. The van der Waals surface area contributed by atoms with Crippen LogP contribution in [-0.4, -0.2) is 16.0 Å². The molecule has 0 spiro atoms. The molecule has 5 nitrogen and oxygen atoms in total. The average Bonchev–Trinajstić information content (AvgIpc) is 2.96. The highest BCUT2D eigenvalue weighted by atomic mass is 19.1. The van der Waals surface area contributed by atoms with Crippen LogP contribution in [0.3, 0.4) is 0 Å². The zero-order valence-electron chi connectivity index (χ0n) is 12.4. The van der Waals surface area contributed by atoms with Gasteiger partial charge in [0.1, 0.15) is 11.6 Å². The van der Waals surface area contributed by atoms with Crippen LogP contribution in [-0.2, 0) is 11.2 Å². The van der Waals surface area contributed by atoms with Crippen LogP contribution in [0.25, 0.3) is 11.3 Å². The summed E-state index contributed by atoms with van der Waals surface area (Å²) in [7, 11) is 0. The third kappa shape index (κ3) is 3.79. The number of aryl methyl sites for hydroxylation is 1. The van der Waals surface area contributed by atoms with E-state index in [1.165, 1.54) is 12.1 Å². The summed E-state index contributed by atoms with van der Waals surface area (Å²) in [6.07, 6.45) is 0.0698. The van der Waals surface area contributed by atoms with Crippen molar-refractivity contribution in [2.45, 2.75) is 13.3 Å². The predicted molar refractivity (Wildman–Crippen MR) is 83.2 cm³/mol. The van der Waals surface area contributed by atoms with Crippen molar-refractivity contribution in [1.29, 1.82) is 0 Å². The van der Waals surface area contributed by atoms with E-state index in [4.69, 9.17) is 4.52 Å². The lowest BCUT2D eigenvalue weighted by molar-refractivity contribution is -0.115. The van der Waals surface area contributed by atoms with Gasteiger partial charge in [-0.15, -0.1) is 0 Å². The number of hydrogen-bond acceptors (Lipinski definition) is 4. The Kier molecular flexibility index (Phi) is 4.14. The molecule has 0 aliphatic carbocycles. The maximum Gasteiger partial charge on any atom is 0.231 e. The van der Waals surface area contributed by atoms with Crippen LogP contribution < -0.4 is 5.32 Å². The molecule has 1 N–H and O–H groups in total. The predicted octanol–water partition coefficient (Wildman–Crippen LogP) is 3.37. The maximum absolute atomic E-state index is 12.9. The van der Waals surface area contributed by atoms with Gasteiger partial charge in [0.2, 0.25) is 5.91 Å². The van der Waals surface area contributed by atoms with E-state index in [0.29, 0.717) is 22.8 Å². The van der Waals surface area contributed by atoms with Crippen molar-refractivity contribution in [3.05, 3.63) is 65.7 Å². The Morgan fingerprint density at radius 3 is 2.74 bits per heavy atom. The number of amides is 1. The summed E-state index contributed by atoms with van der Waals surface area (Å²) >= 11 is 0. The van der Waals surface area contributed by atoms with Gasteiger partial charge in [0, 0.05) is 17.3 Å². The fourth-order valence-electron chi connectivity index (χ4n) is 2.11. The first kappa shape index (κ1) is 14.9. The lowest BCUT2D eigenvalue weighted by atomic mass is 10.1. The lowest BCUT2D eigenvalue weighted by Crippen LogP contribution is -2.15. The Balaban J connectivity index is 1.66. The number of carbonyl (C=O) groups is 1. The summed E-state index contributed by atoms with van der Waals surface area (Å²) in [5.74, 6) is 0.430. The first-order valence-corrected chi connectivity index (χ1v) is 7.05. The molecular weight excluding hydrogens is 297 g/mol. The highest BCUT2D eigenvalue weighted by molar-refractivity contribution is 5.91. The molecule has 0 fully saturated rings. The number of nitrogens with one attached hydrogen (secondary N) is 1. The van der Waals surface area contributed by atoms with Crippen molar-refractivity contribution in [3.8, 4) is 11.3 Å². The van der Waals surface area contributed by atoms with Gasteiger partial charge in [0.15, 0.2) is 5.76 Å². The van der Waals surface area contributed by atoms with E-state index in [1.807, 2.05) is 19.1 Å². The van der Waals surface area contributed by atoms with Crippen molar-refractivity contribution >= 4 is 11.7 Å². The minimum absolute atomic E-state index is 0.0698. The molecule has 0 aliphatic heterocycles. The molecule has 3 aromatic rings. The maximum atomic E-state index is 12.9. The van der Waals surface area contributed by atoms with Gasteiger partial charge < -0.3 is 9.84 Å². The SMILES string of the molecule is Cc1cccc(NC(=O)Cc2cc(-c3ccc(F)cc3)on2)n1. The van der Waals surface area contributed by atoms with Gasteiger partial charge in [-0.25, -0.2) is 9.37 Å². The standard InChI is InChI=1S/C17H14FN3O2/c1-11-3-2-4-16(19-11)20-17(22)10-14-9-15(23-21-14)12-5-7-13(18)8-6-12/h2-9H,10H2,1H3,(H,19,20,22). The largest absolute Gasteiger partial charge is 0.356 e. The molecule has 0 aliphatic rings. The van der Waals surface area contributed by atoms with Gasteiger partial charge in [0.05, 0.1) is 12.1 Å². The number of nitrogens with zero attached hydrogens (tertiary/aromatic N) is 2. The lowest BCUT2D eigenvalue weighted by Gasteiger charge is -2.03. The van der Waals surface area contributed by atoms with Crippen molar-refractivity contribution in [2.24, 2.45) is 0 Å². The number of benzene rings is 1. The zero-order chi connectivity index (χ0) is 16.2. The molecule has 0 bridgehead atoms. The highest BCUT2D eigenvalue weighted by Gasteiger charge is 2.11. The van der Waals surface area contributed by atoms with Crippen molar-refractivity contribution < 1.29 is 13.7 Å². The fraction of sp³-hybridized carbons (Fsp3) is 0.118. The van der Waals surface area contributed by atoms with E-state index in [9.17, 15) is 9.18 Å². The third-order valence-electron chi connectivity index (χ3n) is 3.19. The van der Waals surface area contributed by atoms with Gasteiger partial charge >= 0.3 is 0 Å². The summed E-state index contributed by atoms with van der Waals surface area (Å²) in [5, 5.41) is 6.57. The van der Waals surface area contributed by atoms with Crippen LogP contribution in [0.4, 0.5) is 10.2 Å². The molecule has 0 unspecified atom stereocenters. The molecule has 2 aromatic heterocycles. The molecule has 0 atom stereocenters. The van der Waals surface area contributed by atoms with Crippen LogP contribution in [0, 0.1) is 12.7 Å². The van der Waals surface area contributed by atoms with Gasteiger partial charge in [-0.05, 0) is 43.3 Å². The molecule has 0 saturated heterocycles.